The molecule has 1 N–H and O–H groups in total. The van der Waals surface area contributed by atoms with Gasteiger partial charge < -0.3 is 14.0 Å². The Kier molecular flexibility index (Phi) is 4.50. The number of ether oxygens (including phenoxy) is 1. The third kappa shape index (κ3) is 3.36. The fraction of sp³-hybridized carbons (Fsp3) is 0.667. The smallest absolute Gasteiger partial charge is 0.399 e. The lowest BCUT2D eigenvalue weighted by Gasteiger charge is -2.32. The lowest BCUT2D eigenvalue weighted by molar-refractivity contribution is 0.00578. The van der Waals surface area contributed by atoms with Gasteiger partial charge in [-0.15, -0.1) is 0 Å². The Morgan fingerprint density at radius 1 is 1.21 bits per heavy atom. The van der Waals surface area contributed by atoms with Crippen LogP contribution in [0, 0.1) is 0 Å². The van der Waals surface area contributed by atoms with Crippen LogP contribution in [0.2, 0.25) is 0 Å². The van der Waals surface area contributed by atoms with Gasteiger partial charge in [0.15, 0.2) is 0 Å². The van der Waals surface area contributed by atoms with E-state index in [0.717, 1.165) is 0 Å². The van der Waals surface area contributed by atoms with Crippen molar-refractivity contribution in [1.29, 1.82) is 0 Å². The van der Waals surface area contributed by atoms with Crippen LogP contribution >= 0.6 is 0 Å². The van der Waals surface area contributed by atoms with E-state index >= 15 is 0 Å². The van der Waals surface area contributed by atoms with Crippen molar-refractivity contribution >= 4 is 22.6 Å². The van der Waals surface area contributed by atoms with Crippen molar-refractivity contribution in [3.05, 3.63) is 18.5 Å². The molecule has 2 fully saturated rings. The van der Waals surface area contributed by atoms with Crippen LogP contribution in [0.25, 0.3) is 0 Å². The second-order valence-corrected chi connectivity index (χ2v) is 8.94. The van der Waals surface area contributed by atoms with Gasteiger partial charge in [0.2, 0.25) is 10.0 Å². The van der Waals surface area contributed by atoms with Crippen LogP contribution in [0.4, 0.5) is 0 Å². The number of hydrogen-bond donors (Lipinski definition) is 1. The normalized spacial score (nSPS) is 26.0. The maximum absolute atomic E-state index is 12.5. The van der Waals surface area contributed by atoms with Crippen LogP contribution < -0.4 is 10.2 Å². The minimum Gasteiger partial charge on any atom is -0.399 e. The van der Waals surface area contributed by atoms with Gasteiger partial charge in [0.1, 0.15) is 0 Å². The number of nitrogens with zero attached hydrogens (tertiary/aromatic N) is 1. The third-order valence-electron chi connectivity index (χ3n) is 4.82. The van der Waals surface area contributed by atoms with E-state index in [4.69, 9.17) is 14.0 Å². The number of sulfonamides is 1. The average Bonchev–Trinajstić information content (AvgIpc) is 3.05. The van der Waals surface area contributed by atoms with Crippen molar-refractivity contribution < 1.29 is 22.5 Å². The van der Waals surface area contributed by atoms with Gasteiger partial charge in [-0.1, -0.05) is 0 Å². The highest BCUT2D eigenvalue weighted by atomic mass is 32.2. The van der Waals surface area contributed by atoms with Crippen LogP contribution in [0.1, 0.15) is 34.1 Å². The van der Waals surface area contributed by atoms with Gasteiger partial charge in [-0.05, 0) is 40.2 Å². The Labute approximate surface area is 143 Å². The van der Waals surface area contributed by atoms with Crippen molar-refractivity contribution in [1.82, 2.24) is 9.71 Å². The zero-order valence-corrected chi connectivity index (χ0v) is 15.2. The van der Waals surface area contributed by atoms with Crippen molar-refractivity contribution in [3.8, 4) is 0 Å². The second-order valence-electron chi connectivity index (χ2n) is 7.22. The molecule has 0 aromatic carbocycles. The van der Waals surface area contributed by atoms with Crippen molar-refractivity contribution in [2.24, 2.45) is 0 Å². The maximum Gasteiger partial charge on any atom is 0.496 e. The van der Waals surface area contributed by atoms with Gasteiger partial charge in [0.05, 0.1) is 22.7 Å². The Morgan fingerprint density at radius 2 is 1.88 bits per heavy atom. The largest absolute Gasteiger partial charge is 0.496 e. The number of rotatable bonds is 4. The predicted octanol–water partition coefficient (Wildman–Crippen LogP) is 0.448. The highest BCUT2D eigenvalue weighted by Gasteiger charge is 2.52. The standard InChI is InChI=1S/C15H23BN2O5S/c1-14(2)15(3,4)23-16(22-14)11-7-13(9-17-8-11)24(19,20)18-12-5-6-21-10-12/h7-9,12,18H,5-6,10H2,1-4H3. The Bertz CT molecular complexity index is 700. The van der Waals surface area contributed by atoms with E-state index in [2.05, 4.69) is 9.71 Å². The lowest BCUT2D eigenvalue weighted by Crippen LogP contribution is -2.41. The fourth-order valence-corrected chi connectivity index (χ4v) is 3.86. The molecule has 0 saturated carbocycles. The minimum atomic E-state index is -3.66. The summed E-state index contributed by atoms with van der Waals surface area (Å²) in [5.74, 6) is 0. The molecule has 0 amide bonds. The molecule has 9 heteroatoms. The molecule has 132 valence electrons. The molecule has 0 bridgehead atoms. The van der Waals surface area contributed by atoms with Gasteiger partial charge in [0, 0.05) is 30.5 Å². The summed E-state index contributed by atoms with van der Waals surface area (Å²) in [7, 11) is -4.30. The van der Waals surface area contributed by atoms with E-state index in [1.165, 1.54) is 6.20 Å². The molecular weight excluding hydrogens is 331 g/mol. The van der Waals surface area contributed by atoms with Crippen LogP contribution in [-0.2, 0) is 24.1 Å². The van der Waals surface area contributed by atoms with Crippen molar-refractivity contribution in [2.75, 3.05) is 13.2 Å². The molecule has 0 aliphatic carbocycles. The molecule has 2 saturated heterocycles. The average molecular weight is 354 g/mol. The third-order valence-corrected chi connectivity index (χ3v) is 6.31. The van der Waals surface area contributed by atoms with E-state index in [1.54, 1.807) is 12.3 Å². The lowest BCUT2D eigenvalue weighted by atomic mass is 9.80. The minimum absolute atomic E-state index is 0.0987. The SMILES string of the molecule is CC1(C)OB(c2cncc(S(=O)(=O)NC3CCOC3)c2)OC1(C)C. The molecule has 24 heavy (non-hydrogen) atoms. The molecule has 0 radical (unpaired) electrons. The first-order valence-electron chi connectivity index (χ1n) is 8.01. The number of hydrogen-bond acceptors (Lipinski definition) is 6. The van der Waals surface area contributed by atoms with E-state index in [9.17, 15) is 8.42 Å². The number of pyridine rings is 1. The molecule has 1 aromatic heterocycles. The highest BCUT2D eigenvalue weighted by Crippen LogP contribution is 2.36. The van der Waals surface area contributed by atoms with E-state index in [1.807, 2.05) is 27.7 Å². The first kappa shape index (κ1) is 17.8. The summed E-state index contributed by atoms with van der Waals surface area (Å²) < 4.78 is 44.8. The first-order chi connectivity index (χ1) is 11.1. The molecule has 1 atom stereocenters. The van der Waals surface area contributed by atoms with Crippen LogP contribution in [-0.4, -0.2) is 51.0 Å². The summed E-state index contributed by atoms with van der Waals surface area (Å²) in [6.45, 7) is 8.75. The van der Waals surface area contributed by atoms with Gasteiger partial charge in [0.25, 0.3) is 0 Å². The fourth-order valence-electron chi connectivity index (χ4n) is 2.61. The summed E-state index contributed by atoms with van der Waals surface area (Å²) in [5, 5.41) is 0. The van der Waals surface area contributed by atoms with Crippen molar-refractivity contribution in [2.45, 2.75) is 56.3 Å². The van der Waals surface area contributed by atoms with E-state index < -0.39 is 28.3 Å². The molecule has 7 nitrogen and oxygen atoms in total. The summed E-state index contributed by atoms with van der Waals surface area (Å²) in [4.78, 5) is 4.15. The zero-order valence-electron chi connectivity index (χ0n) is 14.4. The van der Waals surface area contributed by atoms with Crippen LogP contribution in [0.15, 0.2) is 23.4 Å². The van der Waals surface area contributed by atoms with Crippen molar-refractivity contribution in [3.63, 3.8) is 0 Å². The Hall–Kier alpha value is -0.995. The number of aromatic nitrogens is 1. The predicted molar refractivity (Wildman–Crippen MR) is 89.5 cm³/mol. The molecule has 3 heterocycles. The molecule has 3 rings (SSSR count). The van der Waals surface area contributed by atoms with Crippen LogP contribution in [0.5, 0.6) is 0 Å². The molecule has 2 aliphatic heterocycles. The van der Waals surface area contributed by atoms with E-state index in [0.29, 0.717) is 25.1 Å². The molecular formula is C15H23BN2O5S. The summed E-state index contributed by atoms with van der Waals surface area (Å²) >= 11 is 0. The molecule has 2 aliphatic rings. The van der Waals surface area contributed by atoms with Gasteiger partial charge in [-0.25, -0.2) is 13.1 Å². The Balaban J connectivity index is 1.82. The quantitative estimate of drug-likeness (QED) is 0.790. The van der Waals surface area contributed by atoms with Gasteiger partial charge in [-0.3, -0.25) is 4.98 Å². The van der Waals surface area contributed by atoms with E-state index in [-0.39, 0.29) is 10.9 Å². The topological polar surface area (TPSA) is 86.8 Å². The monoisotopic (exact) mass is 354 g/mol. The van der Waals surface area contributed by atoms with Gasteiger partial charge in [-0.2, -0.15) is 0 Å². The first-order valence-corrected chi connectivity index (χ1v) is 9.50. The van der Waals surface area contributed by atoms with Gasteiger partial charge >= 0.3 is 7.12 Å². The second kappa shape index (κ2) is 6.07. The highest BCUT2D eigenvalue weighted by molar-refractivity contribution is 7.89. The summed E-state index contributed by atoms with van der Waals surface area (Å²) in [5.41, 5.74) is -0.406. The number of nitrogens with one attached hydrogen (secondary N) is 1. The Morgan fingerprint density at radius 3 is 2.46 bits per heavy atom. The molecule has 0 spiro atoms. The maximum atomic E-state index is 12.5. The summed E-state index contributed by atoms with van der Waals surface area (Å²) in [6, 6.07) is 1.35. The molecule has 1 aromatic rings. The molecule has 1 unspecified atom stereocenters. The summed E-state index contributed by atoms with van der Waals surface area (Å²) in [6.07, 6.45) is 3.57. The zero-order chi connectivity index (χ0) is 17.6. The van der Waals surface area contributed by atoms with Crippen LogP contribution in [0.3, 0.4) is 0 Å².